The highest BCUT2D eigenvalue weighted by Crippen LogP contribution is 2.06. The van der Waals surface area contributed by atoms with E-state index in [2.05, 4.69) is 10.6 Å². The van der Waals surface area contributed by atoms with E-state index in [1.54, 1.807) is 4.90 Å². The number of carboxylic acids is 1. The monoisotopic (exact) mass is 271 g/mol. The van der Waals surface area contributed by atoms with Crippen molar-refractivity contribution in [3.05, 3.63) is 0 Å². The molecule has 0 aromatic rings. The second-order valence-corrected chi connectivity index (χ2v) is 4.59. The van der Waals surface area contributed by atoms with Gasteiger partial charge in [0.05, 0.1) is 6.54 Å². The van der Waals surface area contributed by atoms with Crippen LogP contribution >= 0.6 is 0 Å². The number of carbonyl (C=O) groups excluding carboxylic acids is 2. The number of carbonyl (C=O) groups is 3. The lowest BCUT2D eigenvalue weighted by Crippen LogP contribution is -2.48. The second-order valence-electron chi connectivity index (χ2n) is 4.59. The quantitative estimate of drug-likeness (QED) is 0.641. The molecule has 7 heteroatoms. The van der Waals surface area contributed by atoms with Gasteiger partial charge in [-0.1, -0.05) is 13.3 Å². The maximum Gasteiger partial charge on any atom is 0.326 e. The summed E-state index contributed by atoms with van der Waals surface area (Å²) in [7, 11) is 0. The molecule has 3 N–H and O–H groups in total. The Morgan fingerprint density at radius 1 is 1.26 bits per heavy atom. The average Bonchev–Trinajstić information content (AvgIpc) is 2.89. The Hall–Kier alpha value is -1.79. The number of carboxylic acid groups (broad SMARTS) is 1. The average molecular weight is 271 g/mol. The predicted molar refractivity (Wildman–Crippen MR) is 68.7 cm³/mol. The van der Waals surface area contributed by atoms with Crippen LogP contribution in [0.1, 0.15) is 32.6 Å². The van der Waals surface area contributed by atoms with Gasteiger partial charge in [0.15, 0.2) is 0 Å². The summed E-state index contributed by atoms with van der Waals surface area (Å²) >= 11 is 0. The molecule has 0 aliphatic carbocycles. The highest BCUT2D eigenvalue weighted by Gasteiger charge is 2.21. The van der Waals surface area contributed by atoms with Crippen LogP contribution in [-0.2, 0) is 9.59 Å². The SMILES string of the molecule is CCC[C@@H](NC(=O)NCC(=O)N1CCCC1)C(=O)O. The Morgan fingerprint density at radius 3 is 2.42 bits per heavy atom. The minimum absolute atomic E-state index is 0.0930. The molecule has 0 radical (unpaired) electrons. The zero-order chi connectivity index (χ0) is 14.3. The molecule has 0 aromatic heterocycles. The highest BCUT2D eigenvalue weighted by atomic mass is 16.4. The van der Waals surface area contributed by atoms with E-state index >= 15 is 0 Å². The number of rotatable bonds is 6. The van der Waals surface area contributed by atoms with E-state index in [1.807, 2.05) is 6.92 Å². The standard InChI is InChI=1S/C12H21N3O4/c1-2-5-9(11(17)18)14-12(19)13-8-10(16)15-6-3-4-7-15/h9H,2-8H2,1H3,(H,17,18)(H2,13,14,19)/t9-/m1/s1. The zero-order valence-electron chi connectivity index (χ0n) is 11.1. The molecule has 1 fully saturated rings. The largest absolute Gasteiger partial charge is 0.480 e. The number of hydrogen-bond acceptors (Lipinski definition) is 3. The first-order chi connectivity index (χ1) is 9.04. The predicted octanol–water partition coefficient (Wildman–Crippen LogP) is 0.161. The minimum atomic E-state index is -1.07. The number of urea groups is 1. The summed E-state index contributed by atoms with van der Waals surface area (Å²) in [6.45, 7) is 3.21. The molecule has 0 unspecified atom stereocenters. The van der Waals surface area contributed by atoms with Crippen LogP contribution in [0.5, 0.6) is 0 Å². The number of amides is 3. The number of nitrogens with one attached hydrogen (secondary N) is 2. The van der Waals surface area contributed by atoms with E-state index in [9.17, 15) is 14.4 Å². The van der Waals surface area contributed by atoms with Gasteiger partial charge in [0, 0.05) is 13.1 Å². The zero-order valence-corrected chi connectivity index (χ0v) is 11.1. The lowest BCUT2D eigenvalue weighted by Gasteiger charge is -2.17. The minimum Gasteiger partial charge on any atom is -0.480 e. The van der Waals surface area contributed by atoms with E-state index < -0.39 is 18.0 Å². The fraction of sp³-hybridized carbons (Fsp3) is 0.750. The smallest absolute Gasteiger partial charge is 0.326 e. The summed E-state index contributed by atoms with van der Waals surface area (Å²) in [6.07, 6.45) is 3.01. The van der Waals surface area contributed by atoms with Gasteiger partial charge in [-0.2, -0.15) is 0 Å². The van der Waals surface area contributed by atoms with Crippen LogP contribution in [-0.4, -0.2) is 53.6 Å². The van der Waals surface area contributed by atoms with Crippen molar-refractivity contribution >= 4 is 17.9 Å². The van der Waals surface area contributed by atoms with Gasteiger partial charge in [0.2, 0.25) is 5.91 Å². The van der Waals surface area contributed by atoms with Crippen LogP contribution in [0.25, 0.3) is 0 Å². The summed E-state index contributed by atoms with van der Waals surface area (Å²) in [5, 5.41) is 13.6. The van der Waals surface area contributed by atoms with Gasteiger partial charge >= 0.3 is 12.0 Å². The van der Waals surface area contributed by atoms with Crippen molar-refractivity contribution < 1.29 is 19.5 Å². The Balaban J connectivity index is 2.29. The van der Waals surface area contributed by atoms with Gasteiger partial charge in [-0.3, -0.25) is 4.79 Å². The molecule has 1 atom stereocenters. The number of hydrogen-bond donors (Lipinski definition) is 3. The van der Waals surface area contributed by atoms with E-state index in [0.29, 0.717) is 12.8 Å². The molecule has 1 aliphatic rings. The molecule has 0 aromatic carbocycles. The molecule has 1 rings (SSSR count). The Morgan fingerprint density at radius 2 is 1.89 bits per heavy atom. The normalized spacial score (nSPS) is 15.9. The topological polar surface area (TPSA) is 98.7 Å². The molecule has 1 saturated heterocycles. The first-order valence-corrected chi connectivity index (χ1v) is 6.59. The molecule has 108 valence electrons. The molecule has 0 bridgehead atoms. The number of likely N-dealkylation sites (tertiary alicyclic amines) is 1. The van der Waals surface area contributed by atoms with Gasteiger partial charge in [-0.25, -0.2) is 9.59 Å². The summed E-state index contributed by atoms with van der Waals surface area (Å²) in [5.74, 6) is -1.20. The van der Waals surface area contributed by atoms with E-state index in [4.69, 9.17) is 5.11 Å². The second kappa shape index (κ2) is 7.60. The lowest BCUT2D eigenvalue weighted by atomic mass is 10.2. The van der Waals surface area contributed by atoms with Gasteiger partial charge < -0.3 is 20.6 Å². The maximum atomic E-state index is 11.7. The fourth-order valence-electron chi connectivity index (χ4n) is 1.99. The van der Waals surface area contributed by atoms with Gasteiger partial charge in [-0.15, -0.1) is 0 Å². The third-order valence-corrected chi connectivity index (χ3v) is 3.04. The Labute approximate surface area is 112 Å². The van der Waals surface area contributed by atoms with Crippen LogP contribution in [0.3, 0.4) is 0 Å². The lowest BCUT2D eigenvalue weighted by molar-refractivity contribution is -0.139. The first kappa shape index (κ1) is 15.3. The van der Waals surface area contributed by atoms with Crippen molar-refractivity contribution in [3.8, 4) is 0 Å². The molecular formula is C12H21N3O4. The number of aliphatic carboxylic acids is 1. The third kappa shape index (κ3) is 5.15. The van der Waals surface area contributed by atoms with Crippen molar-refractivity contribution in [3.63, 3.8) is 0 Å². The van der Waals surface area contributed by atoms with Crippen LogP contribution < -0.4 is 10.6 Å². The Bertz CT molecular complexity index is 340. The summed E-state index contributed by atoms with van der Waals surface area (Å²) in [4.78, 5) is 35.7. The molecule has 1 aliphatic heterocycles. The highest BCUT2D eigenvalue weighted by molar-refractivity contribution is 5.86. The maximum absolute atomic E-state index is 11.7. The molecule has 19 heavy (non-hydrogen) atoms. The van der Waals surface area contributed by atoms with Crippen molar-refractivity contribution in [2.45, 2.75) is 38.6 Å². The van der Waals surface area contributed by atoms with Crippen molar-refractivity contribution in [1.29, 1.82) is 0 Å². The van der Waals surface area contributed by atoms with Gasteiger partial charge in [0.1, 0.15) is 6.04 Å². The van der Waals surface area contributed by atoms with E-state index in [-0.39, 0.29) is 12.5 Å². The molecule has 7 nitrogen and oxygen atoms in total. The van der Waals surface area contributed by atoms with Gasteiger partial charge in [-0.05, 0) is 19.3 Å². The summed E-state index contributed by atoms with van der Waals surface area (Å²) in [5.41, 5.74) is 0. The van der Waals surface area contributed by atoms with Crippen LogP contribution in [0.2, 0.25) is 0 Å². The first-order valence-electron chi connectivity index (χ1n) is 6.59. The summed E-state index contributed by atoms with van der Waals surface area (Å²) in [6, 6.07) is -1.53. The molecule has 0 saturated carbocycles. The van der Waals surface area contributed by atoms with E-state index in [0.717, 1.165) is 25.9 Å². The van der Waals surface area contributed by atoms with Gasteiger partial charge in [0.25, 0.3) is 0 Å². The molecule has 0 spiro atoms. The molecule has 3 amide bonds. The van der Waals surface area contributed by atoms with Crippen molar-refractivity contribution in [1.82, 2.24) is 15.5 Å². The summed E-state index contributed by atoms with van der Waals surface area (Å²) < 4.78 is 0. The van der Waals surface area contributed by atoms with Crippen LogP contribution in [0.4, 0.5) is 4.79 Å². The molecular weight excluding hydrogens is 250 g/mol. The Kier molecular flexibility index (Phi) is 6.11. The fourth-order valence-corrected chi connectivity index (χ4v) is 1.99. The van der Waals surface area contributed by atoms with Crippen LogP contribution in [0, 0.1) is 0 Å². The number of nitrogens with zero attached hydrogens (tertiary/aromatic N) is 1. The van der Waals surface area contributed by atoms with E-state index in [1.165, 1.54) is 0 Å². The van der Waals surface area contributed by atoms with Crippen molar-refractivity contribution in [2.24, 2.45) is 0 Å². The van der Waals surface area contributed by atoms with Crippen LogP contribution in [0.15, 0.2) is 0 Å². The molecule has 1 heterocycles. The van der Waals surface area contributed by atoms with Crippen molar-refractivity contribution in [2.75, 3.05) is 19.6 Å². The third-order valence-electron chi connectivity index (χ3n) is 3.04.